The van der Waals surface area contributed by atoms with Crippen LogP contribution in [0.25, 0.3) is 0 Å². The lowest BCUT2D eigenvalue weighted by Crippen LogP contribution is -2.13. The Hall–Kier alpha value is -0.700. The van der Waals surface area contributed by atoms with Crippen LogP contribution in [0.5, 0.6) is 0 Å². The summed E-state index contributed by atoms with van der Waals surface area (Å²) in [5.74, 6) is 1.62. The molecule has 2 atom stereocenters. The predicted molar refractivity (Wildman–Crippen MR) is 108 cm³/mol. The van der Waals surface area contributed by atoms with Gasteiger partial charge in [-0.2, -0.15) is 0 Å². The molecule has 0 spiro atoms. The van der Waals surface area contributed by atoms with E-state index in [4.69, 9.17) is 0 Å². The molecule has 1 rings (SSSR count). The molecule has 0 aliphatic carbocycles. The van der Waals surface area contributed by atoms with Crippen molar-refractivity contribution in [2.24, 2.45) is 11.8 Å². The summed E-state index contributed by atoms with van der Waals surface area (Å²) in [4.78, 5) is 0. The minimum atomic E-state index is 0.810. The zero-order valence-electron chi connectivity index (χ0n) is 15.8. The molecule has 2 nitrogen and oxygen atoms in total. The molecule has 1 aromatic heterocycles. The van der Waals surface area contributed by atoms with Crippen LogP contribution in [0.4, 0.5) is 10.7 Å². The van der Waals surface area contributed by atoms with Crippen LogP contribution in [0.3, 0.4) is 0 Å². The highest BCUT2D eigenvalue weighted by Crippen LogP contribution is 2.26. The first-order chi connectivity index (χ1) is 11.2. The van der Waals surface area contributed by atoms with E-state index in [9.17, 15) is 0 Å². The van der Waals surface area contributed by atoms with Gasteiger partial charge in [-0.3, -0.25) is 0 Å². The third-order valence-electron chi connectivity index (χ3n) is 4.85. The van der Waals surface area contributed by atoms with Gasteiger partial charge in [0.05, 0.1) is 5.00 Å². The lowest BCUT2D eigenvalue weighted by atomic mass is 9.99. The third-order valence-corrected chi connectivity index (χ3v) is 5.73. The van der Waals surface area contributed by atoms with Crippen LogP contribution in [0.15, 0.2) is 11.4 Å². The van der Waals surface area contributed by atoms with E-state index in [1.165, 1.54) is 62.1 Å². The number of unbranched alkanes of at least 4 members (excludes halogenated alkanes) is 2. The summed E-state index contributed by atoms with van der Waals surface area (Å²) in [6.45, 7) is 11.4. The molecule has 0 aliphatic heterocycles. The molecule has 1 heterocycles. The van der Waals surface area contributed by atoms with Crippen molar-refractivity contribution in [1.82, 2.24) is 0 Å². The van der Waals surface area contributed by atoms with E-state index < -0.39 is 0 Å². The van der Waals surface area contributed by atoms with Gasteiger partial charge in [0.1, 0.15) is 0 Å². The lowest BCUT2D eigenvalue weighted by Gasteiger charge is -2.15. The van der Waals surface area contributed by atoms with E-state index in [-0.39, 0.29) is 0 Å². The second kappa shape index (κ2) is 12.7. The molecule has 0 amide bonds. The Morgan fingerprint density at radius 1 is 0.870 bits per heavy atom. The quantitative estimate of drug-likeness (QED) is 0.381. The van der Waals surface area contributed by atoms with Crippen molar-refractivity contribution < 1.29 is 0 Å². The van der Waals surface area contributed by atoms with Crippen LogP contribution in [0, 0.1) is 11.8 Å². The van der Waals surface area contributed by atoms with Gasteiger partial charge < -0.3 is 10.6 Å². The number of hydrogen-bond donors (Lipinski definition) is 2. The molecule has 0 radical (unpaired) electrons. The lowest BCUT2D eigenvalue weighted by molar-refractivity contribution is 0.472. The Kier molecular flexibility index (Phi) is 11.2. The zero-order valence-corrected chi connectivity index (χ0v) is 16.6. The molecule has 1 aromatic rings. The smallest absolute Gasteiger partial charge is 0.0904 e. The summed E-state index contributed by atoms with van der Waals surface area (Å²) < 4.78 is 0. The minimum Gasteiger partial charge on any atom is -0.384 e. The molecule has 0 aromatic carbocycles. The first kappa shape index (κ1) is 20.3. The predicted octanol–water partition coefficient (Wildman–Crippen LogP) is 7.00. The monoisotopic (exact) mass is 338 g/mol. The van der Waals surface area contributed by atoms with Gasteiger partial charge in [-0.25, -0.2) is 0 Å². The van der Waals surface area contributed by atoms with Gasteiger partial charge in [0, 0.05) is 24.2 Å². The second-order valence-electron chi connectivity index (χ2n) is 6.79. The maximum Gasteiger partial charge on any atom is 0.0904 e. The fraction of sp³-hybridized carbons (Fsp3) is 0.800. The standard InChI is InChI=1S/C20H38N2S/c1-5-9-11-17(7-3)14-21-19-13-20(23-16-19)22-15-18(8-4)12-10-6-2/h13,16-18,21-22H,5-12,14-15H2,1-4H3. The number of thiophene rings is 1. The van der Waals surface area contributed by atoms with Gasteiger partial charge in [-0.05, 0) is 30.7 Å². The van der Waals surface area contributed by atoms with Crippen LogP contribution in [-0.2, 0) is 0 Å². The molecule has 0 aliphatic rings. The van der Waals surface area contributed by atoms with E-state index in [1.54, 1.807) is 0 Å². The molecule has 0 saturated heterocycles. The molecular weight excluding hydrogens is 300 g/mol. The number of hydrogen-bond acceptors (Lipinski definition) is 3. The summed E-state index contributed by atoms with van der Waals surface area (Å²) in [5.41, 5.74) is 1.29. The third kappa shape index (κ3) is 8.64. The molecule has 3 heteroatoms. The molecular formula is C20H38N2S. The number of nitrogens with one attached hydrogen (secondary N) is 2. The fourth-order valence-corrected chi connectivity index (χ4v) is 3.68. The van der Waals surface area contributed by atoms with E-state index >= 15 is 0 Å². The van der Waals surface area contributed by atoms with Crippen molar-refractivity contribution in [3.05, 3.63) is 11.4 Å². The van der Waals surface area contributed by atoms with Gasteiger partial charge in [-0.1, -0.05) is 66.2 Å². The van der Waals surface area contributed by atoms with Crippen LogP contribution < -0.4 is 10.6 Å². The highest BCUT2D eigenvalue weighted by atomic mass is 32.1. The van der Waals surface area contributed by atoms with Gasteiger partial charge in [0.25, 0.3) is 0 Å². The average molecular weight is 339 g/mol. The summed E-state index contributed by atoms with van der Waals surface area (Å²) in [6, 6.07) is 2.28. The van der Waals surface area contributed by atoms with Crippen LogP contribution in [-0.4, -0.2) is 13.1 Å². The topological polar surface area (TPSA) is 24.1 Å². The molecule has 0 fully saturated rings. The summed E-state index contributed by atoms with van der Waals surface area (Å²) in [7, 11) is 0. The average Bonchev–Trinajstić information content (AvgIpc) is 3.03. The van der Waals surface area contributed by atoms with Crippen LogP contribution >= 0.6 is 11.3 Å². The Balaban J connectivity index is 2.33. The molecule has 23 heavy (non-hydrogen) atoms. The van der Waals surface area contributed by atoms with Crippen molar-refractivity contribution in [1.29, 1.82) is 0 Å². The highest BCUT2D eigenvalue weighted by molar-refractivity contribution is 7.14. The van der Waals surface area contributed by atoms with Gasteiger partial charge in [-0.15, -0.1) is 11.3 Å². The Morgan fingerprint density at radius 2 is 1.43 bits per heavy atom. The number of rotatable bonds is 14. The normalized spacial score (nSPS) is 13.7. The van der Waals surface area contributed by atoms with Crippen molar-refractivity contribution in [2.45, 2.75) is 79.1 Å². The Bertz CT molecular complexity index is 354. The van der Waals surface area contributed by atoms with Gasteiger partial charge in [0.2, 0.25) is 0 Å². The van der Waals surface area contributed by atoms with Gasteiger partial charge >= 0.3 is 0 Å². The van der Waals surface area contributed by atoms with E-state index in [1.807, 2.05) is 11.3 Å². The van der Waals surface area contributed by atoms with E-state index in [2.05, 4.69) is 49.8 Å². The molecule has 0 saturated carbocycles. The van der Waals surface area contributed by atoms with Crippen molar-refractivity contribution >= 4 is 22.0 Å². The van der Waals surface area contributed by atoms with Crippen molar-refractivity contribution in [3.8, 4) is 0 Å². The first-order valence-corrected chi connectivity index (χ1v) is 10.7. The van der Waals surface area contributed by atoms with Crippen LogP contribution in [0.2, 0.25) is 0 Å². The Morgan fingerprint density at radius 3 is 1.96 bits per heavy atom. The summed E-state index contributed by atoms with van der Waals surface area (Å²) >= 11 is 1.83. The first-order valence-electron chi connectivity index (χ1n) is 9.79. The fourth-order valence-electron chi connectivity index (χ4n) is 2.92. The maximum atomic E-state index is 3.64. The molecule has 2 unspecified atom stereocenters. The zero-order chi connectivity index (χ0) is 16.9. The van der Waals surface area contributed by atoms with E-state index in [0.29, 0.717) is 0 Å². The SMILES string of the molecule is CCCCC(CC)CNc1csc(NCC(CC)CCCC)c1. The molecule has 2 N–H and O–H groups in total. The highest BCUT2D eigenvalue weighted by Gasteiger charge is 2.08. The number of anilines is 2. The largest absolute Gasteiger partial charge is 0.384 e. The maximum absolute atomic E-state index is 3.64. The molecule has 0 bridgehead atoms. The minimum absolute atomic E-state index is 0.810. The Labute approximate surface area is 148 Å². The van der Waals surface area contributed by atoms with Crippen molar-refractivity contribution in [3.63, 3.8) is 0 Å². The van der Waals surface area contributed by atoms with Gasteiger partial charge in [0.15, 0.2) is 0 Å². The second-order valence-corrected chi connectivity index (χ2v) is 7.71. The summed E-state index contributed by atoms with van der Waals surface area (Å²) in [5, 5.41) is 10.8. The molecule has 134 valence electrons. The van der Waals surface area contributed by atoms with Crippen LogP contribution in [0.1, 0.15) is 79.1 Å². The summed E-state index contributed by atoms with van der Waals surface area (Å²) in [6.07, 6.45) is 10.6. The van der Waals surface area contributed by atoms with Crippen molar-refractivity contribution in [2.75, 3.05) is 23.7 Å². The van der Waals surface area contributed by atoms with E-state index in [0.717, 1.165) is 24.9 Å².